The molecule has 0 fully saturated rings. The van der Waals surface area contributed by atoms with Gasteiger partial charge in [0, 0.05) is 16.6 Å². The topological polar surface area (TPSA) is 42.2 Å². The van der Waals surface area contributed by atoms with Gasteiger partial charge in [-0.15, -0.1) is 0 Å². The SMILES string of the molecule is Cc1cc(C)c2oc(C(=O)Nc3ccc(C(C)(C)C)cc3)c(C)c2c1. The third kappa shape index (κ3) is 3.32. The molecule has 1 aromatic heterocycles. The molecule has 0 aliphatic rings. The lowest BCUT2D eigenvalue weighted by atomic mass is 9.87. The molecule has 0 bridgehead atoms. The van der Waals surface area contributed by atoms with E-state index in [0.717, 1.165) is 27.8 Å². The van der Waals surface area contributed by atoms with E-state index >= 15 is 0 Å². The number of nitrogens with one attached hydrogen (secondary N) is 1. The van der Waals surface area contributed by atoms with E-state index in [1.807, 2.05) is 26.0 Å². The Morgan fingerprint density at radius 2 is 1.64 bits per heavy atom. The third-order valence-electron chi connectivity index (χ3n) is 4.58. The molecule has 3 heteroatoms. The number of benzene rings is 2. The van der Waals surface area contributed by atoms with Crippen LogP contribution in [0.5, 0.6) is 0 Å². The van der Waals surface area contributed by atoms with E-state index in [0.29, 0.717) is 5.76 Å². The molecule has 0 spiro atoms. The molecule has 2 aromatic carbocycles. The van der Waals surface area contributed by atoms with Crippen molar-refractivity contribution in [3.63, 3.8) is 0 Å². The summed E-state index contributed by atoms with van der Waals surface area (Å²) in [6, 6.07) is 12.1. The van der Waals surface area contributed by atoms with Crippen molar-refractivity contribution in [1.29, 1.82) is 0 Å². The number of aryl methyl sites for hydroxylation is 3. The highest BCUT2D eigenvalue weighted by molar-refractivity contribution is 6.06. The first-order valence-corrected chi connectivity index (χ1v) is 8.59. The van der Waals surface area contributed by atoms with Crippen molar-refractivity contribution >= 4 is 22.6 Å². The Kier molecular flexibility index (Phi) is 4.19. The van der Waals surface area contributed by atoms with Crippen molar-refractivity contribution in [2.24, 2.45) is 0 Å². The van der Waals surface area contributed by atoms with E-state index in [1.165, 1.54) is 11.1 Å². The van der Waals surface area contributed by atoms with Crippen molar-refractivity contribution in [2.75, 3.05) is 5.32 Å². The molecule has 3 nitrogen and oxygen atoms in total. The van der Waals surface area contributed by atoms with Crippen LogP contribution in [0.1, 0.15) is 53.6 Å². The van der Waals surface area contributed by atoms with Crippen molar-refractivity contribution in [3.05, 3.63) is 64.4 Å². The van der Waals surface area contributed by atoms with Crippen LogP contribution < -0.4 is 5.32 Å². The third-order valence-corrected chi connectivity index (χ3v) is 4.58. The van der Waals surface area contributed by atoms with E-state index in [2.05, 4.69) is 57.3 Å². The average molecular weight is 335 g/mol. The minimum absolute atomic E-state index is 0.0905. The van der Waals surface area contributed by atoms with Crippen LogP contribution in [-0.4, -0.2) is 5.91 Å². The number of furan rings is 1. The van der Waals surface area contributed by atoms with E-state index < -0.39 is 0 Å². The predicted octanol–water partition coefficient (Wildman–Crippen LogP) is 5.91. The summed E-state index contributed by atoms with van der Waals surface area (Å²) in [6.07, 6.45) is 0. The van der Waals surface area contributed by atoms with Crippen LogP contribution in [0.3, 0.4) is 0 Å². The molecular formula is C22H25NO2. The number of hydrogen-bond acceptors (Lipinski definition) is 2. The minimum Gasteiger partial charge on any atom is -0.450 e. The minimum atomic E-state index is -0.214. The Labute approximate surface area is 149 Å². The molecule has 25 heavy (non-hydrogen) atoms. The first-order chi connectivity index (χ1) is 11.7. The van der Waals surface area contributed by atoms with Crippen LogP contribution in [0.4, 0.5) is 5.69 Å². The van der Waals surface area contributed by atoms with Gasteiger partial charge >= 0.3 is 0 Å². The lowest BCUT2D eigenvalue weighted by molar-refractivity contribution is 0.0998. The van der Waals surface area contributed by atoms with Gasteiger partial charge in [-0.1, -0.05) is 39.0 Å². The van der Waals surface area contributed by atoms with Crippen molar-refractivity contribution < 1.29 is 9.21 Å². The highest BCUT2D eigenvalue weighted by Crippen LogP contribution is 2.30. The number of amides is 1. The van der Waals surface area contributed by atoms with Gasteiger partial charge in [-0.3, -0.25) is 4.79 Å². The summed E-state index contributed by atoms with van der Waals surface area (Å²) in [5.41, 5.74) is 5.97. The Hall–Kier alpha value is -2.55. The van der Waals surface area contributed by atoms with Gasteiger partial charge < -0.3 is 9.73 Å². The molecule has 0 saturated heterocycles. The average Bonchev–Trinajstić information content (AvgIpc) is 2.85. The molecule has 1 amide bonds. The van der Waals surface area contributed by atoms with Crippen LogP contribution in [-0.2, 0) is 5.41 Å². The first kappa shape index (κ1) is 17.3. The number of fused-ring (bicyclic) bond motifs is 1. The largest absolute Gasteiger partial charge is 0.450 e. The number of carbonyl (C=O) groups is 1. The van der Waals surface area contributed by atoms with Crippen LogP contribution >= 0.6 is 0 Å². The molecule has 0 unspecified atom stereocenters. The molecule has 0 aliphatic carbocycles. The fraction of sp³-hybridized carbons (Fsp3) is 0.318. The van der Waals surface area contributed by atoms with E-state index in [1.54, 1.807) is 0 Å². The van der Waals surface area contributed by atoms with Gasteiger partial charge in [0.25, 0.3) is 5.91 Å². The second kappa shape index (κ2) is 6.07. The Morgan fingerprint density at radius 1 is 1.00 bits per heavy atom. The number of anilines is 1. The zero-order valence-electron chi connectivity index (χ0n) is 15.8. The predicted molar refractivity (Wildman–Crippen MR) is 104 cm³/mol. The van der Waals surface area contributed by atoms with Crippen molar-refractivity contribution in [3.8, 4) is 0 Å². The quantitative estimate of drug-likeness (QED) is 0.633. The fourth-order valence-electron chi connectivity index (χ4n) is 3.13. The molecule has 3 rings (SSSR count). The van der Waals surface area contributed by atoms with Gasteiger partial charge in [0.15, 0.2) is 5.76 Å². The van der Waals surface area contributed by atoms with Gasteiger partial charge in [-0.25, -0.2) is 0 Å². The van der Waals surface area contributed by atoms with Crippen LogP contribution in [0.25, 0.3) is 11.0 Å². The van der Waals surface area contributed by atoms with Gasteiger partial charge in [0.05, 0.1) is 0 Å². The molecule has 1 N–H and O–H groups in total. The smallest absolute Gasteiger partial charge is 0.291 e. The van der Waals surface area contributed by atoms with Gasteiger partial charge in [0.2, 0.25) is 0 Å². The fourth-order valence-corrected chi connectivity index (χ4v) is 3.13. The van der Waals surface area contributed by atoms with E-state index in [-0.39, 0.29) is 11.3 Å². The Balaban J connectivity index is 1.90. The molecule has 0 saturated carbocycles. The number of rotatable bonds is 2. The lowest BCUT2D eigenvalue weighted by Crippen LogP contribution is -2.13. The zero-order chi connectivity index (χ0) is 18.4. The Bertz CT molecular complexity index is 941. The lowest BCUT2D eigenvalue weighted by Gasteiger charge is -2.19. The summed E-state index contributed by atoms with van der Waals surface area (Å²) in [6.45, 7) is 12.5. The number of carbonyl (C=O) groups excluding carboxylic acids is 1. The van der Waals surface area contributed by atoms with Crippen molar-refractivity contribution in [1.82, 2.24) is 0 Å². The summed E-state index contributed by atoms with van der Waals surface area (Å²) in [7, 11) is 0. The van der Waals surface area contributed by atoms with Gasteiger partial charge in [-0.05, 0) is 61.1 Å². The van der Waals surface area contributed by atoms with Crippen LogP contribution in [0.2, 0.25) is 0 Å². The summed E-state index contributed by atoms with van der Waals surface area (Å²) in [4.78, 5) is 12.7. The summed E-state index contributed by atoms with van der Waals surface area (Å²) < 4.78 is 5.88. The summed E-state index contributed by atoms with van der Waals surface area (Å²) >= 11 is 0. The molecule has 0 aliphatic heterocycles. The molecular weight excluding hydrogens is 310 g/mol. The summed E-state index contributed by atoms with van der Waals surface area (Å²) in [5.74, 6) is 0.165. The standard InChI is InChI=1S/C22H25NO2/c1-13-11-14(2)19-18(12-13)15(3)20(25-19)21(24)23-17-9-7-16(8-10-17)22(4,5)6/h7-12H,1-6H3,(H,23,24). The molecule has 3 aromatic rings. The van der Waals surface area contributed by atoms with Gasteiger partial charge in [0.1, 0.15) is 5.58 Å². The first-order valence-electron chi connectivity index (χ1n) is 8.59. The molecule has 0 radical (unpaired) electrons. The second-order valence-electron chi connectivity index (χ2n) is 7.80. The molecule has 1 heterocycles. The summed E-state index contributed by atoms with van der Waals surface area (Å²) in [5, 5.41) is 3.95. The molecule has 130 valence electrons. The van der Waals surface area contributed by atoms with Crippen LogP contribution in [0.15, 0.2) is 40.8 Å². The van der Waals surface area contributed by atoms with Crippen molar-refractivity contribution in [2.45, 2.75) is 47.0 Å². The maximum atomic E-state index is 12.7. The maximum Gasteiger partial charge on any atom is 0.291 e. The Morgan fingerprint density at radius 3 is 2.24 bits per heavy atom. The monoisotopic (exact) mass is 335 g/mol. The number of hydrogen-bond donors (Lipinski definition) is 1. The zero-order valence-corrected chi connectivity index (χ0v) is 15.8. The maximum absolute atomic E-state index is 12.7. The highest BCUT2D eigenvalue weighted by atomic mass is 16.3. The van der Waals surface area contributed by atoms with E-state index in [4.69, 9.17) is 4.42 Å². The molecule has 0 atom stereocenters. The van der Waals surface area contributed by atoms with Crippen LogP contribution in [0, 0.1) is 20.8 Å². The van der Waals surface area contributed by atoms with E-state index in [9.17, 15) is 4.79 Å². The second-order valence-corrected chi connectivity index (χ2v) is 7.80. The van der Waals surface area contributed by atoms with Gasteiger partial charge in [-0.2, -0.15) is 0 Å². The normalized spacial score (nSPS) is 11.8. The highest BCUT2D eigenvalue weighted by Gasteiger charge is 2.19.